The average molecular weight is 333 g/mol. The Morgan fingerprint density at radius 1 is 1.17 bits per heavy atom. The highest BCUT2D eigenvalue weighted by molar-refractivity contribution is 6.31. The highest BCUT2D eigenvalue weighted by Crippen LogP contribution is 2.21. The number of carbonyl (C=O) groups is 1. The maximum Gasteiger partial charge on any atom is 0.321 e. The third kappa shape index (κ3) is 4.89. The van der Waals surface area contributed by atoms with Crippen molar-refractivity contribution >= 4 is 23.3 Å². The van der Waals surface area contributed by atoms with Crippen LogP contribution in [0, 0.1) is 0 Å². The Balaban J connectivity index is 1.97. The number of ether oxygens (including phenoxy) is 1. The molecule has 0 spiro atoms. The van der Waals surface area contributed by atoms with E-state index in [-0.39, 0.29) is 12.1 Å². The van der Waals surface area contributed by atoms with E-state index < -0.39 is 0 Å². The second kappa shape index (κ2) is 7.88. The summed E-state index contributed by atoms with van der Waals surface area (Å²) in [6.45, 7) is 4.26. The molecule has 2 aromatic carbocycles. The molecule has 0 heterocycles. The van der Waals surface area contributed by atoms with Gasteiger partial charge in [0.1, 0.15) is 12.4 Å². The number of rotatable bonds is 5. The maximum absolute atomic E-state index is 12.0. The topological polar surface area (TPSA) is 41.6 Å². The molecule has 0 saturated carbocycles. The molecule has 1 N–H and O–H groups in total. The number of nitrogens with zero attached hydrogens (tertiary/aromatic N) is 1. The van der Waals surface area contributed by atoms with Crippen LogP contribution < -0.4 is 15.0 Å². The zero-order valence-electron chi connectivity index (χ0n) is 13.5. The summed E-state index contributed by atoms with van der Waals surface area (Å²) in [6, 6.07) is 14.9. The summed E-state index contributed by atoms with van der Waals surface area (Å²) in [7, 11) is 1.73. The number of nitrogens with one attached hydrogen (secondary N) is 1. The van der Waals surface area contributed by atoms with Gasteiger partial charge in [-0.05, 0) is 44.2 Å². The molecule has 0 aliphatic rings. The fourth-order valence-electron chi connectivity index (χ4n) is 2.00. The van der Waals surface area contributed by atoms with Crippen molar-refractivity contribution in [1.29, 1.82) is 0 Å². The van der Waals surface area contributed by atoms with Crippen LogP contribution in [0.15, 0.2) is 48.5 Å². The molecular formula is C18H21ClN2O2. The number of anilines is 1. The van der Waals surface area contributed by atoms with Gasteiger partial charge >= 0.3 is 6.03 Å². The summed E-state index contributed by atoms with van der Waals surface area (Å²) in [5.74, 6) is 0.728. The van der Waals surface area contributed by atoms with Gasteiger partial charge < -0.3 is 10.1 Å². The quantitative estimate of drug-likeness (QED) is 0.877. The molecule has 2 rings (SSSR count). The van der Waals surface area contributed by atoms with Gasteiger partial charge in [0.15, 0.2) is 0 Å². The minimum atomic E-state index is -0.135. The van der Waals surface area contributed by atoms with Crippen LogP contribution in [0.5, 0.6) is 5.75 Å². The second-order valence-corrected chi connectivity index (χ2v) is 5.94. The zero-order chi connectivity index (χ0) is 16.8. The fourth-order valence-corrected chi connectivity index (χ4v) is 2.19. The lowest BCUT2D eigenvalue weighted by Gasteiger charge is -2.20. The van der Waals surface area contributed by atoms with E-state index in [4.69, 9.17) is 16.3 Å². The predicted octanol–water partition coefficient (Wildman–Crippen LogP) is 4.47. The van der Waals surface area contributed by atoms with Crippen LogP contribution >= 0.6 is 11.6 Å². The molecule has 0 radical (unpaired) electrons. The van der Waals surface area contributed by atoms with Gasteiger partial charge in [-0.15, -0.1) is 0 Å². The lowest BCUT2D eigenvalue weighted by atomic mass is 10.2. The molecule has 23 heavy (non-hydrogen) atoms. The molecule has 2 amide bonds. The molecule has 0 fully saturated rings. The number of hydrogen-bond acceptors (Lipinski definition) is 2. The number of amides is 2. The molecule has 0 atom stereocenters. The smallest absolute Gasteiger partial charge is 0.321 e. The maximum atomic E-state index is 12.0. The van der Waals surface area contributed by atoms with Gasteiger partial charge in [0.25, 0.3) is 0 Å². The van der Waals surface area contributed by atoms with E-state index in [2.05, 4.69) is 5.32 Å². The van der Waals surface area contributed by atoms with Crippen molar-refractivity contribution < 1.29 is 9.53 Å². The average Bonchev–Trinajstić information content (AvgIpc) is 2.53. The van der Waals surface area contributed by atoms with Crippen molar-refractivity contribution in [3.05, 3.63) is 59.1 Å². The molecule has 0 aliphatic heterocycles. The van der Waals surface area contributed by atoms with E-state index in [0.29, 0.717) is 11.6 Å². The normalized spacial score (nSPS) is 10.5. The van der Waals surface area contributed by atoms with Gasteiger partial charge in [0, 0.05) is 29.4 Å². The van der Waals surface area contributed by atoms with Crippen LogP contribution in [0.25, 0.3) is 0 Å². The zero-order valence-corrected chi connectivity index (χ0v) is 14.3. The van der Waals surface area contributed by atoms with E-state index in [0.717, 1.165) is 17.0 Å². The van der Waals surface area contributed by atoms with Crippen molar-refractivity contribution in [1.82, 2.24) is 5.32 Å². The Morgan fingerprint density at radius 3 is 2.43 bits per heavy atom. The van der Waals surface area contributed by atoms with Crippen molar-refractivity contribution in [3.63, 3.8) is 0 Å². The van der Waals surface area contributed by atoms with E-state index in [1.807, 2.05) is 62.4 Å². The Morgan fingerprint density at radius 2 is 1.83 bits per heavy atom. The lowest BCUT2D eigenvalue weighted by Crippen LogP contribution is -2.40. The van der Waals surface area contributed by atoms with Crippen LogP contribution in [0.3, 0.4) is 0 Å². The van der Waals surface area contributed by atoms with Crippen LogP contribution in [0.1, 0.15) is 19.4 Å². The van der Waals surface area contributed by atoms with E-state index >= 15 is 0 Å². The summed E-state index contributed by atoms with van der Waals surface area (Å²) in [5.41, 5.74) is 1.74. The summed E-state index contributed by atoms with van der Waals surface area (Å²) >= 11 is 6.10. The van der Waals surface area contributed by atoms with Gasteiger partial charge in [-0.1, -0.05) is 29.8 Å². The third-order valence-electron chi connectivity index (χ3n) is 3.29. The number of hydrogen-bond donors (Lipinski definition) is 1. The Bertz CT molecular complexity index is 656. The molecule has 122 valence electrons. The predicted molar refractivity (Wildman–Crippen MR) is 94.3 cm³/mol. The molecule has 5 heteroatoms. The molecule has 0 unspecified atom stereocenters. The molecule has 4 nitrogen and oxygen atoms in total. The first-order chi connectivity index (χ1) is 11.0. The van der Waals surface area contributed by atoms with Crippen LogP contribution in [0.2, 0.25) is 5.02 Å². The number of urea groups is 1. The largest absolute Gasteiger partial charge is 0.489 e. The van der Waals surface area contributed by atoms with Gasteiger partial charge in [-0.25, -0.2) is 4.79 Å². The van der Waals surface area contributed by atoms with Gasteiger partial charge in [0.05, 0.1) is 0 Å². The highest BCUT2D eigenvalue weighted by atomic mass is 35.5. The fraction of sp³-hybridized carbons (Fsp3) is 0.278. The molecule has 0 aromatic heterocycles. The Kier molecular flexibility index (Phi) is 5.88. The number of carbonyl (C=O) groups excluding carboxylic acids is 1. The van der Waals surface area contributed by atoms with Crippen molar-refractivity contribution in [2.75, 3.05) is 11.9 Å². The van der Waals surface area contributed by atoms with Gasteiger partial charge in [-0.3, -0.25) is 4.90 Å². The van der Waals surface area contributed by atoms with Crippen molar-refractivity contribution in [2.24, 2.45) is 0 Å². The molecular weight excluding hydrogens is 312 g/mol. The van der Waals surface area contributed by atoms with Crippen LogP contribution in [-0.2, 0) is 6.61 Å². The Labute approximate surface area is 142 Å². The van der Waals surface area contributed by atoms with Crippen molar-refractivity contribution in [3.8, 4) is 5.75 Å². The second-order valence-electron chi connectivity index (χ2n) is 5.54. The summed E-state index contributed by atoms with van der Waals surface area (Å²) in [6.07, 6.45) is 0. The first-order valence-corrected chi connectivity index (χ1v) is 7.85. The van der Waals surface area contributed by atoms with Gasteiger partial charge in [0.2, 0.25) is 0 Å². The molecule has 0 bridgehead atoms. The standard InChI is InChI=1S/C18H21ClN2O2/c1-13(2)20-18(22)21(3)15-8-10-16(11-9-15)23-12-14-6-4-5-7-17(14)19/h4-11,13H,12H2,1-3H3,(H,20,22). The van der Waals surface area contributed by atoms with Crippen molar-refractivity contribution in [2.45, 2.75) is 26.5 Å². The Hall–Kier alpha value is -2.20. The van der Waals surface area contributed by atoms with E-state index in [1.165, 1.54) is 0 Å². The minimum Gasteiger partial charge on any atom is -0.489 e. The van der Waals surface area contributed by atoms with Crippen LogP contribution in [0.4, 0.5) is 10.5 Å². The highest BCUT2D eigenvalue weighted by Gasteiger charge is 2.11. The monoisotopic (exact) mass is 332 g/mol. The molecule has 0 aliphatic carbocycles. The first kappa shape index (κ1) is 17.2. The summed E-state index contributed by atoms with van der Waals surface area (Å²) in [4.78, 5) is 13.5. The molecule has 2 aromatic rings. The number of benzene rings is 2. The minimum absolute atomic E-state index is 0.100. The van der Waals surface area contributed by atoms with E-state index in [1.54, 1.807) is 11.9 Å². The number of halogens is 1. The lowest BCUT2D eigenvalue weighted by molar-refractivity contribution is 0.245. The molecule has 0 saturated heterocycles. The summed E-state index contributed by atoms with van der Waals surface area (Å²) < 4.78 is 5.73. The third-order valence-corrected chi connectivity index (χ3v) is 3.66. The SMILES string of the molecule is CC(C)NC(=O)N(C)c1ccc(OCc2ccccc2Cl)cc1. The summed E-state index contributed by atoms with van der Waals surface area (Å²) in [5, 5.41) is 3.54. The van der Waals surface area contributed by atoms with Crippen LogP contribution in [-0.4, -0.2) is 19.1 Å². The van der Waals surface area contributed by atoms with E-state index in [9.17, 15) is 4.79 Å². The first-order valence-electron chi connectivity index (χ1n) is 7.48. The van der Waals surface area contributed by atoms with Gasteiger partial charge in [-0.2, -0.15) is 0 Å².